The summed E-state index contributed by atoms with van der Waals surface area (Å²) in [5, 5.41) is 3.35. The van der Waals surface area contributed by atoms with Gasteiger partial charge in [0, 0.05) is 11.4 Å². The van der Waals surface area contributed by atoms with Crippen molar-refractivity contribution in [3.8, 4) is 11.5 Å². The normalized spacial score (nSPS) is 15.6. The Bertz CT molecular complexity index is 1020. The number of carbonyl (C=O) groups excluding carboxylic acids is 1. The van der Waals surface area contributed by atoms with Gasteiger partial charge >= 0.3 is 0 Å². The van der Waals surface area contributed by atoms with Gasteiger partial charge in [-0.3, -0.25) is 9.69 Å². The predicted octanol–water partition coefficient (Wildman–Crippen LogP) is 4.61. The maximum Gasteiger partial charge on any atom is 0.262 e. The second-order valence-corrected chi connectivity index (χ2v) is 6.36. The van der Waals surface area contributed by atoms with Crippen LogP contribution in [0.25, 0.3) is 0 Å². The first kappa shape index (κ1) is 17.9. The number of hydrogen-bond acceptors (Lipinski definition) is 4. The Labute approximate surface area is 162 Å². The first-order valence-corrected chi connectivity index (χ1v) is 8.79. The van der Waals surface area contributed by atoms with Crippen LogP contribution in [0.15, 0.2) is 66.7 Å². The largest absolute Gasteiger partial charge is 0.497 e. The van der Waals surface area contributed by atoms with Crippen molar-refractivity contribution in [1.29, 1.82) is 0 Å². The van der Waals surface area contributed by atoms with Gasteiger partial charge in [0.15, 0.2) is 11.6 Å². The molecule has 1 aliphatic heterocycles. The molecular formula is C22H19FN2O3. The summed E-state index contributed by atoms with van der Waals surface area (Å²) >= 11 is 0. The zero-order valence-electron chi connectivity index (χ0n) is 15.5. The highest BCUT2D eigenvalue weighted by Crippen LogP contribution is 2.37. The molecule has 3 aromatic carbocycles. The van der Waals surface area contributed by atoms with E-state index in [1.807, 2.05) is 18.2 Å². The number of hydrogen-bond donors (Lipinski definition) is 1. The molecule has 1 amide bonds. The van der Waals surface area contributed by atoms with Crippen LogP contribution < -0.4 is 19.7 Å². The van der Waals surface area contributed by atoms with Gasteiger partial charge in [0.1, 0.15) is 11.9 Å². The van der Waals surface area contributed by atoms with E-state index in [0.717, 1.165) is 0 Å². The van der Waals surface area contributed by atoms with Gasteiger partial charge in [0.2, 0.25) is 0 Å². The summed E-state index contributed by atoms with van der Waals surface area (Å²) in [5.41, 5.74) is 2.55. The van der Waals surface area contributed by atoms with Gasteiger partial charge in [-0.15, -0.1) is 0 Å². The van der Waals surface area contributed by atoms with Crippen molar-refractivity contribution < 1.29 is 18.7 Å². The third-order valence-corrected chi connectivity index (χ3v) is 4.77. The molecule has 0 spiro atoms. The molecule has 3 aromatic rings. The van der Waals surface area contributed by atoms with Crippen LogP contribution >= 0.6 is 0 Å². The molecule has 0 radical (unpaired) electrons. The van der Waals surface area contributed by atoms with Gasteiger partial charge in [-0.1, -0.05) is 18.2 Å². The van der Waals surface area contributed by atoms with Crippen molar-refractivity contribution >= 4 is 17.3 Å². The Morgan fingerprint density at radius 2 is 1.71 bits per heavy atom. The second-order valence-electron chi connectivity index (χ2n) is 6.36. The number of anilines is 2. The molecule has 142 valence electrons. The fourth-order valence-electron chi connectivity index (χ4n) is 3.35. The summed E-state index contributed by atoms with van der Waals surface area (Å²) in [6, 6.07) is 19.2. The van der Waals surface area contributed by atoms with Crippen LogP contribution in [-0.2, 0) is 0 Å². The van der Waals surface area contributed by atoms with E-state index in [-0.39, 0.29) is 11.7 Å². The van der Waals surface area contributed by atoms with Crippen molar-refractivity contribution in [3.05, 3.63) is 83.7 Å². The summed E-state index contributed by atoms with van der Waals surface area (Å²) in [6.07, 6.45) is -0.573. The Morgan fingerprint density at radius 1 is 0.964 bits per heavy atom. The molecule has 1 N–H and O–H groups in total. The molecule has 1 heterocycles. The minimum atomic E-state index is -0.573. The fraction of sp³-hybridized carbons (Fsp3) is 0.136. The lowest BCUT2D eigenvalue weighted by Crippen LogP contribution is -2.43. The Morgan fingerprint density at radius 3 is 2.39 bits per heavy atom. The van der Waals surface area contributed by atoms with E-state index >= 15 is 0 Å². The quantitative estimate of drug-likeness (QED) is 0.720. The molecule has 0 unspecified atom stereocenters. The van der Waals surface area contributed by atoms with Gasteiger partial charge in [-0.05, 0) is 54.1 Å². The van der Waals surface area contributed by atoms with Crippen molar-refractivity contribution in [2.24, 2.45) is 0 Å². The van der Waals surface area contributed by atoms with Gasteiger partial charge in [0.05, 0.1) is 19.8 Å². The first-order chi connectivity index (χ1) is 13.6. The average molecular weight is 378 g/mol. The molecule has 6 heteroatoms. The molecular weight excluding hydrogens is 359 g/mol. The van der Waals surface area contributed by atoms with Crippen molar-refractivity contribution in [1.82, 2.24) is 0 Å². The summed E-state index contributed by atoms with van der Waals surface area (Å²) in [4.78, 5) is 14.9. The van der Waals surface area contributed by atoms with Gasteiger partial charge in [0.25, 0.3) is 5.91 Å². The number of nitrogens with zero attached hydrogens (tertiary/aromatic N) is 1. The van der Waals surface area contributed by atoms with Gasteiger partial charge < -0.3 is 14.8 Å². The van der Waals surface area contributed by atoms with Crippen molar-refractivity contribution in [2.45, 2.75) is 6.17 Å². The second kappa shape index (κ2) is 7.23. The smallest absolute Gasteiger partial charge is 0.262 e. The lowest BCUT2D eigenvalue weighted by Gasteiger charge is -2.38. The van der Waals surface area contributed by atoms with Crippen LogP contribution in [0.3, 0.4) is 0 Å². The molecule has 0 aromatic heterocycles. The topological polar surface area (TPSA) is 50.8 Å². The summed E-state index contributed by atoms with van der Waals surface area (Å²) in [7, 11) is 3.00. The van der Waals surface area contributed by atoms with E-state index in [4.69, 9.17) is 9.47 Å². The number of halogens is 1. The number of benzene rings is 3. The SMILES string of the molecule is COc1ccc(N2C(=O)c3ccccc3N[C@@H]2c2ccc(OC)c(F)c2)cc1. The molecule has 1 aliphatic rings. The van der Waals surface area contributed by atoms with Gasteiger partial charge in [-0.2, -0.15) is 0 Å². The highest BCUT2D eigenvalue weighted by atomic mass is 19.1. The minimum Gasteiger partial charge on any atom is -0.497 e. The standard InChI is InChI=1S/C22H19FN2O3/c1-27-16-10-8-15(9-11-16)25-21(14-7-12-20(28-2)18(23)13-14)24-19-6-4-3-5-17(19)22(25)26/h3-13,21,24H,1-2H3/t21-/m0/s1. The van der Waals surface area contributed by atoms with Crippen LogP contribution in [0.1, 0.15) is 22.1 Å². The van der Waals surface area contributed by atoms with E-state index < -0.39 is 12.0 Å². The van der Waals surface area contributed by atoms with E-state index in [2.05, 4.69) is 5.32 Å². The monoisotopic (exact) mass is 378 g/mol. The third-order valence-electron chi connectivity index (χ3n) is 4.77. The molecule has 5 nitrogen and oxygen atoms in total. The van der Waals surface area contributed by atoms with Crippen molar-refractivity contribution in [2.75, 3.05) is 24.4 Å². The van der Waals surface area contributed by atoms with Crippen LogP contribution in [0.2, 0.25) is 0 Å². The molecule has 0 aliphatic carbocycles. The number of para-hydroxylation sites is 1. The van der Waals surface area contributed by atoms with Crippen LogP contribution in [-0.4, -0.2) is 20.1 Å². The van der Waals surface area contributed by atoms with Crippen LogP contribution in [0, 0.1) is 5.82 Å². The molecule has 28 heavy (non-hydrogen) atoms. The zero-order valence-corrected chi connectivity index (χ0v) is 15.5. The fourth-order valence-corrected chi connectivity index (χ4v) is 3.35. The molecule has 4 rings (SSSR count). The Kier molecular flexibility index (Phi) is 4.61. The number of fused-ring (bicyclic) bond motifs is 1. The summed E-state index contributed by atoms with van der Waals surface area (Å²) < 4.78 is 24.6. The molecule has 1 atom stereocenters. The Hall–Kier alpha value is -3.54. The predicted molar refractivity (Wildman–Crippen MR) is 106 cm³/mol. The number of methoxy groups -OCH3 is 2. The van der Waals surface area contributed by atoms with Crippen LogP contribution in [0.5, 0.6) is 11.5 Å². The average Bonchev–Trinajstić information content (AvgIpc) is 2.74. The highest BCUT2D eigenvalue weighted by Gasteiger charge is 2.34. The molecule has 0 fully saturated rings. The van der Waals surface area contributed by atoms with Crippen molar-refractivity contribution in [3.63, 3.8) is 0 Å². The zero-order chi connectivity index (χ0) is 19.7. The lowest BCUT2D eigenvalue weighted by atomic mass is 10.0. The van der Waals surface area contributed by atoms with Gasteiger partial charge in [-0.25, -0.2) is 4.39 Å². The Balaban J connectivity index is 1.83. The van der Waals surface area contributed by atoms with E-state index in [1.165, 1.54) is 13.2 Å². The summed E-state index contributed by atoms with van der Waals surface area (Å²) in [6.45, 7) is 0. The van der Waals surface area contributed by atoms with E-state index in [0.29, 0.717) is 28.3 Å². The molecule has 0 saturated carbocycles. The highest BCUT2D eigenvalue weighted by molar-refractivity contribution is 6.12. The van der Waals surface area contributed by atoms with E-state index in [1.54, 1.807) is 54.5 Å². The number of nitrogens with one attached hydrogen (secondary N) is 1. The molecule has 0 bridgehead atoms. The lowest BCUT2D eigenvalue weighted by molar-refractivity contribution is 0.0975. The number of rotatable bonds is 4. The minimum absolute atomic E-state index is 0.155. The number of carbonyl (C=O) groups is 1. The van der Waals surface area contributed by atoms with Crippen LogP contribution in [0.4, 0.5) is 15.8 Å². The maximum atomic E-state index is 14.4. The number of ether oxygens (including phenoxy) is 2. The summed E-state index contributed by atoms with van der Waals surface area (Å²) in [5.74, 6) is 0.194. The number of amides is 1. The maximum absolute atomic E-state index is 14.4. The molecule has 0 saturated heterocycles. The van der Waals surface area contributed by atoms with E-state index in [9.17, 15) is 9.18 Å². The third kappa shape index (κ3) is 3.03. The first-order valence-electron chi connectivity index (χ1n) is 8.79.